The lowest BCUT2D eigenvalue weighted by molar-refractivity contribution is 0.0988. The minimum Gasteiger partial charge on any atom is -0.310 e. The van der Waals surface area contributed by atoms with Gasteiger partial charge in [-0.15, -0.1) is 0 Å². The zero-order chi connectivity index (χ0) is 19.7. The summed E-state index contributed by atoms with van der Waals surface area (Å²) in [6.45, 7) is 1.98. The fraction of sp³-hybridized carbons (Fsp3) is 0.0952. The van der Waals surface area contributed by atoms with Crippen LogP contribution >= 0.6 is 0 Å². The number of carbonyl (C=O) groups is 1. The Morgan fingerprint density at radius 1 is 1.04 bits per heavy atom. The minimum atomic E-state index is -0.261. The molecule has 4 aromatic rings. The molecule has 0 bridgehead atoms. The fourth-order valence-electron chi connectivity index (χ4n) is 2.86. The number of hydrogen-bond acceptors (Lipinski definition) is 5. The first-order valence-corrected chi connectivity index (χ1v) is 8.61. The monoisotopic (exact) mass is 368 g/mol. The van der Waals surface area contributed by atoms with Gasteiger partial charge >= 0.3 is 0 Å². The van der Waals surface area contributed by atoms with E-state index in [2.05, 4.69) is 21.0 Å². The molecule has 7 nitrogen and oxygen atoms in total. The van der Waals surface area contributed by atoms with Crippen molar-refractivity contribution in [3.05, 3.63) is 78.0 Å². The molecule has 0 aliphatic rings. The normalized spacial score (nSPS) is 10.6. The van der Waals surface area contributed by atoms with E-state index in [0.29, 0.717) is 16.9 Å². The van der Waals surface area contributed by atoms with Crippen LogP contribution in [-0.2, 0) is 0 Å². The molecule has 7 heteroatoms. The molecule has 136 valence electrons. The molecule has 3 aromatic heterocycles. The number of hydrogen-bond donors (Lipinski definition) is 0. The molecular formula is C21H16N6O. The van der Waals surface area contributed by atoms with Crippen molar-refractivity contribution in [2.75, 3.05) is 11.9 Å². The molecule has 0 aliphatic heterocycles. The van der Waals surface area contributed by atoms with Crippen LogP contribution in [0.1, 0.15) is 21.6 Å². The van der Waals surface area contributed by atoms with Gasteiger partial charge in [0, 0.05) is 25.1 Å². The predicted molar refractivity (Wildman–Crippen MR) is 105 cm³/mol. The maximum Gasteiger partial charge on any atom is 0.278 e. The highest BCUT2D eigenvalue weighted by molar-refractivity contribution is 6.04. The quantitative estimate of drug-likeness (QED) is 0.554. The second-order valence-corrected chi connectivity index (χ2v) is 6.39. The maximum absolute atomic E-state index is 12.9. The molecule has 28 heavy (non-hydrogen) atoms. The highest BCUT2D eigenvalue weighted by Crippen LogP contribution is 2.20. The van der Waals surface area contributed by atoms with E-state index in [1.54, 1.807) is 56.1 Å². The van der Waals surface area contributed by atoms with Crippen LogP contribution in [-0.4, -0.2) is 32.3 Å². The average molecular weight is 368 g/mol. The number of fused-ring (bicyclic) bond motifs is 1. The van der Waals surface area contributed by atoms with E-state index in [4.69, 9.17) is 5.26 Å². The molecule has 1 amide bonds. The Kier molecular flexibility index (Phi) is 4.30. The first-order chi connectivity index (χ1) is 13.6. The van der Waals surface area contributed by atoms with Crippen LogP contribution in [0.15, 0.2) is 61.2 Å². The molecule has 0 radical (unpaired) electrons. The number of aryl methyl sites for hydroxylation is 1. The van der Waals surface area contributed by atoms with Gasteiger partial charge in [0.05, 0.1) is 35.4 Å². The van der Waals surface area contributed by atoms with Gasteiger partial charge in [-0.3, -0.25) is 14.2 Å². The summed E-state index contributed by atoms with van der Waals surface area (Å²) >= 11 is 0. The summed E-state index contributed by atoms with van der Waals surface area (Å²) < 4.78 is 1.81. The number of aromatic nitrogens is 4. The Morgan fingerprint density at radius 2 is 1.82 bits per heavy atom. The third-order valence-electron chi connectivity index (χ3n) is 4.48. The Morgan fingerprint density at radius 3 is 2.50 bits per heavy atom. The number of nitrogens with zero attached hydrogens (tertiary/aromatic N) is 6. The van der Waals surface area contributed by atoms with Gasteiger partial charge in [0.15, 0.2) is 5.65 Å². The van der Waals surface area contributed by atoms with Crippen molar-refractivity contribution in [1.29, 1.82) is 5.26 Å². The summed E-state index contributed by atoms with van der Waals surface area (Å²) in [5, 5.41) is 8.92. The number of rotatable bonds is 3. The van der Waals surface area contributed by atoms with Crippen molar-refractivity contribution in [3.63, 3.8) is 0 Å². The summed E-state index contributed by atoms with van der Waals surface area (Å²) in [6.07, 6.45) is 6.74. The summed E-state index contributed by atoms with van der Waals surface area (Å²) in [4.78, 5) is 27.5. The minimum absolute atomic E-state index is 0.261. The third kappa shape index (κ3) is 3.08. The van der Waals surface area contributed by atoms with E-state index in [-0.39, 0.29) is 11.6 Å². The van der Waals surface area contributed by atoms with Crippen LogP contribution in [0.5, 0.6) is 0 Å². The second-order valence-electron chi connectivity index (χ2n) is 6.39. The van der Waals surface area contributed by atoms with Crippen molar-refractivity contribution in [1.82, 2.24) is 19.4 Å². The van der Waals surface area contributed by atoms with Gasteiger partial charge in [-0.1, -0.05) is 6.07 Å². The predicted octanol–water partition coefficient (Wildman–Crippen LogP) is 3.25. The SMILES string of the molecule is Cc1ccc(-c2cnc3cnc(C(=O)N(C)c4ccc(C#N)cc4)cn23)nc1. The molecule has 3 heterocycles. The number of imidazole rings is 1. The molecule has 1 aromatic carbocycles. The second kappa shape index (κ2) is 6.93. The third-order valence-corrected chi connectivity index (χ3v) is 4.48. The average Bonchev–Trinajstić information content (AvgIpc) is 3.16. The van der Waals surface area contributed by atoms with Crippen molar-refractivity contribution >= 4 is 17.2 Å². The van der Waals surface area contributed by atoms with E-state index >= 15 is 0 Å². The largest absolute Gasteiger partial charge is 0.310 e. The van der Waals surface area contributed by atoms with E-state index in [1.165, 1.54) is 4.90 Å². The van der Waals surface area contributed by atoms with Gasteiger partial charge in [-0.25, -0.2) is 9.97 Å². The Labute approximate surface area is 161 Å². The smallest absolute Gasteiger partial charge is 0.278 e. The van der Waals surface area contributed by atoms with Gasteiger partial charge in [0.1, 0.15) is 5.69 Å². The number of nitriles is 1. The number of benzene rings is 1. The molecule has 0 unspecified atom stereocenters. The van der Waals surface area contributed by atoms with Gasteiger partial charge in [0.25, 0.3) is 5.91 Å². The van der Waals surface area contributed by atoms with Gasteiger partial charge in [0.2, 0.25) is 0 Å². The Hall–Kier alpha value is -4.05. The van der Waals surface area contributed by atoms with Gasteiger partial charge in [-0.2, -0.15) is 5.26 Å². The van der Waals surface area contributed by atoms with Crippen LogP contribution in [0.25, 0.3) is 17.0 Å². The molecule has 0 fully saturated rings. The van der Waals surface area contributed by atoms with Crippen molar-refractivity contribution < 1.29 is 4.79 Å². The lowest BCUT2D eigenvalue weighted by atomic mass is 10.2. The van der Waals surface area contributed by atoms with Crippen LogP contribution in [0.2, 0.25) is 0 Å². The van der Waals surface area contributed by atoms with Crippen LogP contribution < -0.4 is 4.90 Å². The highest BCUT2D eigenvalue weighted by Gasteiger charge is 2.17. The molecule has 0 N–H and O–H groups in total. The summed E-state index contributed by atoms with van der Waals surface area (Å²) in [7, 11) is 1.67. The van der Waals surface area contributed by atoms with Crippen LogP contribution in [0.3, 0.4) is 0 Å². The number of pyridine rings is 1. The van der Waals surface area contributed by atoms with E-state index in [1.807, 2.05) is 23.5 Å². The van der Waals surface area contributed by atoms with E-state index < -0.39 is 0 Å². The fourth-order valence-corrected chi connectivity index (χ4v) is 2.86. The molecule has 0 saturated carbocycles. The molecule has 4 rings (SSSR count). The van der Waals surface area contributed by atoms with E-state index in [0.717, 1.165) is 17.0 Å². The first-order valence-electron chi connectivity index (χ1n) is 8.61. The molecule has 0 aliphatic carbocycles. The van der Waals surface area contributed by atoms with Crippen molar-refractivity contribution in [2.45, 2.75) is 6.92 Å². The lowest BCUT2D eigenvalue weighted by Gasteiger charge is -2.17. The molecular weight excluding hydrogens is 352 g/mol. The van der Waals surface area contributed by atoms with Crippen LogP contribution in [0, 0.1) is 18.3 Å². The summed E-state index contributed by atoms with van der Waals surface area (Å²) in [5.74, 6) is -0.261. The first kappa shape index (κ1) is 17.4. The molecule has 0 spiro atoms. The van der Waals surface area contributed by atoms with Gasteiger partial charge < -0.3 is 4.90 Å². The van der Waals surface area contributed by atoms with Crippen molar-refractivity contribution in [2.24, 2.45) is 0 Å². The topological polar surface area (TPSA) is 87.2 Å². The van der Waals surface area contributed by atoms with Crippen molar-refractivity contribution in [3.8, 4) is 17.5 Å². The Balaban J connectivity index is 1.70. The van der Waals surface area contributed by atoms with Crippen LogP contribution in [0.4, 0.5) is 5.69 Å². The zero-order valence-corrected chi connectivity index (χ0v) is 15.4. The zero-order valence-electron chi connectivity index (χ0n) is 15.4. The highest BCUT2D eigenvalue weighted by atomic mass is 16.2. The summed E-state index contributed by atoms with van der Waals surface area (Å²) in [6, 6.07) is 12.8. The Bertz CT molecular complexity index is 1200. The van der Waals surface area contributed by atoms with Gasteiger partial charge in [-0.05, 0) is 42.8 Å². The standard InChI is InChI=1S/C21H16N6O/c1-14-3-8-17(23-10-14)19-11-25-20-12-24-18(13-27(19)20)21(28)26(2)16-6-4-15(9-22)5-7-16/h3-8,10-13H,1-2H3. The van der Waals surface area contributed by atoms with E-state index in [9.17, 15) is 4.79 Å². The molecule has 0 saturated heterocycles. The summed E-state index contributed by atoms with van der Waals surface area (Å²) in [5.41, 5.74) is 4.75. The number of carbonyl (C=O) groups excluding carboxylic acids is 1. The number of amides is 1. The maximum atomic E-state index is 12.9. The molecule has 0 atom stereocenters. The lowest BCUT2D eigenvalue weighted by Crippen LogP contribution is -2.27. The number of anilines is 1.